The van der Waals surface area contributed by atoms with E-state index in [1.54, 1.807) is 50.6 Å². The Kier molecular flexibility index (Phi) is 5.44. The van der Waals surface area contributed by atoms with E-state index in [2.05, 4.69) is 0 Å². The van der Waals surface area contributed by atoms with Gasteiger partial charge in [-0.25, -0.2) is 0 Å². The van der Waals surface area contributed by atoms with Crippen molar-refractivity contribution in [2.75, 3.05) is 14.2 Å². The molecule has 4 aromatic rings. The summed E-state index contributed by atoms with van der Waals surface area (Å²) >= 11 is 0. The van der Waals surface area contributed by atoms with Gasteiger partial charge in [0.1, 0.15) is 24.2 Å². The third kappa shape index (κ3) is 3.74. The zero-order valence-corrected chi connectivity index (χ0v) is 17.1. The molecule has 0 amide bonds. The van der Waals surface area contributed by atoms with Gasteiger partial charge in [0.25, 0.3) is 0 Å². The van der Waals surface area contributed by atoms with Gasteiger partial charge in [-0.15, -0.1) is 0 Å². The fourth-order valence-electron chi connectivity index (χ4n) is 3.33. The van der Waals surface area contributed by atoms with Gasteiger partial charge < -0.3 is 18.6 Å². The maximum Gasteiger partial charge on any atom is 0.200 e. The van der Waals surface area contributed by atoms with Crippen molar-refractivity contribution < 1.29 is 18.6 Å². The van der Waals surface area contributed by atoms with E-state index in [9.17, 15) is 4.79 Å². The second kappa shape index (κ2) is 8.33. The molecular formula is C25H22O5. The van der Waals surface area contributed by atoms with Gasteiger partial charge in [-0.2, -0.15) is 0 Å². The highest BCUT2D eigenvalue weighted by atomic mass is 16.5. The summed E-state index contributed by atoms with van der Waals surface area (Å²) in [6.45, 7) is 2.50. The second-order valence-electron chi connectivity index (χ2n) is 6.92. The average molecular weight is 402 g/mol. The zero-order chi connectivity index (χ0) is 21.1. The molecule has 5 heteroatoms. The molecule has 5 nitrogen and oxygen atoms in total. The normalized spacial score (nSPS) is 10.8. The molecule has 30 heavy (non-hydrogen) atoms. The zero-order valence-electron chi connectivity index (χ0n) is 17.1. The van der Waals surface area contributed by atoms with E-state index in [1.807, 2.05) is 31.2 Å². The van der Waals surface area contributed by atoms with Crippen LogP contribution >= 0.6 is 0 Å². The Balaban J connectivity index is 1.65. The minimum absolute atomic E-state index is 0.117. The van der Waals surface area contributed by atoms with E-state index in [-0.39, 0.29) is 5.43 Å². The van der Waals surface area contributed by atoms with Crippen molar-refractivity contribution in [2.24, 2.45) is 0 Å². The molecule has 0 atom stereocenters. The molecule has 0 aliphatic carbocycles. The lowest BCUT2D eigenvalue weighted by molar-refractivity contribution is 0.305. The van der Waals surface area contributed by atoms with Crippen molar-refractivity contribution in [2.45, 2.75) is 13.5 Å². The van der Waals surface area contributed by atoms with Gasteiger partial charge in [-0.1, -0.05) is 30.3 Å². The van der Waals surface area contributed by atoms with Gasteiger partial charge in [0.2, 0.25) is 0 Å². The van der Waals surface area contributed by atoms with Crippen LogP contribution in [0.25, 0.3) is 22.1 Å². The van der Waals surface area contributed by atoms with Crippen molar-refractivity contribution in [3.05, 3.63) is 88.3 Å². The Labute approximate surface area is 174 Å². The number of benzene rings is 3. The van der Waals surface area contributed by atoms with Crippen LogP contribution in [0.3, 0.4) is 0 Å². The molecule has 152 valence electrons. The molecular weight excluding hydrogens is 380 g/mol. The van der Waals surface area contributed by atoms with Crippen LogP contribution in [0.4, 0.5) is 0 Å². The molecule has 0 N–H and O–H groups in total. The van der Waals surface area contributed by atoms with Crippen LogP contribution in [0.2, 0.25) is 0 Å². The molecule has 1 aromatic heterocycles. The average Bonchev–Trinajstić information content (AvgIpc) is 2.78. The van der Waals surface area contributed by atoms with E-state index in [0.717, 1.165) is 5.56 Å². The first kappa shape index (κ1) is 19.6. The number of rotatable bonds is 6. The SMILES string of the molecule is COc1ccc(-c2coc3cc(OCc4ccccc4C)ccc3c2=O)cc1OC. The molecule has 0 saturated carbocycles. The van der Waals surface area contributed by atoms with Crippen LogP contribution in [0.15, 0.2) is 76.1 Å². The molecule has 0 aliphatic rings. The molecule has 0 saturated heterocycles. The van der Waals surface area contributed by atoms with Gasteiger partial charge in [0.15, 0.2) is 16.9 Å². The van der Waals surface area contributed by atoms with Crippen LogP contribution < -0.4 is 19.6 Å². The summed E-state index contributed by atoms with van der Waals surface area (Å²) in [6.07, 6.45) is 1.47. The van der Waals surface area contributed by atoms with Gasteiger partial charge in [-0.05, 0) is 47.9 Å². The lowest BCUT2D eigenvalue weighted by atomic mass is 10.0. The minimum Gasteiger partial charge on any atom is -0.493 e. The van der Waals surface area contributed by atoms with Crippen LogP contribution in [-0.4, -0.2) is 14.2 Å². The van der Waals surface area contributed by atoms with Crippen molar-refractivity contribution in [3.63, 3.8) is 0 Å². The third-order valence-electron chi connectivity index (χ3n) is 5.10. The molecule has 0 spiro atoms. The summed E-state index contributed by atoms with van der Waals surface area (Å²) in [7, 11) is 3.13. The van der Waals surface area contributed by atoms with E-state index >= 15 is 0 Å². The van der Waals surface area contributed by atoms with E-state index in [4.69, 9.17) is 18.6 Å². The standard InChI is InChI=1S/C25H22O5/c1-16-6-4-5-7-18(16)14-29-19-9-10-20-23(13-19)30-15-21(25(20)26)17-8-11-22(27-2)24(12-17)28-3/h4-13,15H,14H2,1-3H3. The maximum absolute atomic E-state index is 13.0. The lowest BCUT2D eigenvalue weighted by Gasteiger charge is -2.10. The molecule has 3 aromatic carbocycles. The quantitative estimate of drug-likeness (QED) is 0.434. The number of hydrogen-bond acceptors (Lipinski definition) is 5. The first-order valence-electron chi connectivity index (χ1n) is 9.56. The first-order chi connectivity index (χ1) is 14.6. The fraction of sp³-hybridized carbons (Fsp3) is 0.160. The van der Waals surface area contributed by atoms with Crippen LogP contribution in [0.5, 0.6) is 17.2 Å². The predicted molar refractivity (Wildman–Crippen MR) is 117 cm³/mol. The summed E-state index contributed by atoms with van der Waals surface area (Å²) < 4.78 is 22.3. The highest BCUT2D eigenvalue weighted by molar-refractivity contribution is 5.83. The fourth-order valence-corrected chi connectivity index (χ4v) is 3.33. The van der Waals surface area contributed by atoms with Gasteiger partial charge in [0.05, 0.1) is 25.2 Å². The largest absolute Gasteiger partial charge is 0.493 e. The minimum atomic E-state index is -0.117. The van der Waals surface area contributed by atoms with Crippen molar-refractivity contribution in [1.29, 1.82) is 0 Å². The number of ether oxygens (including phenoxy) is 3. The maximum atomic E-state index is 13.0. The molecule has 0 unspecified atom stereocenters. The Bertz CT molecular complexity index is 1260. The first-order valence-corrected chi connectivity index (χ1v) is 9.56. The number of hydrogen-bond donors (Lipinski definition) is 0. The van der Waals surface area contributed by atoms with Gasteiger partial charge in [-0.3, -0.25) is 4.79 Å². The number of fused-ring (bicyclic) bond motifs is 1. The topological polar surface area (TPSA) is 57.9 Å². The molecule has 0 aliphatic heterocycles. The Hall–Kier alpha value is -3.73. The van der Waals surface area contributed by atoms with Crippen LogP contribution in [0, 0.1) is 6.92 Å². The summed E-state index contributed by atoms with van der Waals surface area (Å²) in [4.78, 5) is 13.0. The van der Waals surface area contributed by atoms with Crippen LogP contribution in [-0.2, 0) is 6.61 Å². The Morgan fingerprint density at radius 2 is 1.70 bits per heavy atom. The van der Waals surface area contributed by atoms with E-state index in [0.29, 0.717) is 46.0 Å². The molecule has 4 rings (SSSR count). The summed E-state index contributed by atoms with van der Waals surface area (Å²) in [5.41, 5.74) is 3.80. The summed E-state index contributed by atoms with van der Waals surface area (Å²) in [6, 6.07) is 18.7. The Morgan fingerprint density at radius 3 is 2.47 bits per heavy atom. The van der Waals surface area contributed by atoms with Crippen molar-refractivity contribution >= 4 is 11.0 Å². The number of methoxy groups -OCH3 is 2. The van der Waals surface area contributed by atoms with Gasteiger partial charge >= 0.3 is 0 Å². The van der Waals surface area contributed by atoms with Crippen molar-refractivity contribution in [3.8, 4) is 28.4 Å². The molecule has 0 radical (unpaired) electrons. The molecule has 1 heterocycles. The highest BCUT2D eigenvalue weighted by Gasteiger charge is 2.13. The van der Waals surface area contributed by atoms with Gasteiger partial charge in [0, 0.05) is 6.07 Å². The van der Waals surface area contributed by atoms with Crippen LogP contribution in [0.1, 0.15) is 11.1 Å². The monoisotopic (exact) mass is 402 g/mol. The second-order valence-corrected chi connectivity index (χ2v) is 6.92. The highest BCUT2D eigenvalue weighted by Crippen LogP contribution is 2.32. The summed E-state index contributed by atoms with van der Waals surface area (Å²) in [5.74, 6) is 1.80. The van der Waals surface area contributed by atoms with E-state index < -0.39 is 0 Å². The smallest absolute Gasteiger partial charge is 0.200 e. The molecule has 0 fully saturated rings. The number of aryl methyl sites for hydroxylation is 1. The van der Waals surface area contributed by atoms with Crippen molar-refractivity contribution in [1.82, 2.24) is 0 Å². The summed E-state index contributed by atoms with van der Waals surface area (Å²) in [5, 5.41) is 0.491. The Morgan fingerprint density at radius 1 is 0.900 bits per heavy atom. The van der Waals surface area contributed by atoms with E-state index in [1.165, 1.54) is 11.8 Å². The predicted octanol–water partition coefficient (Wildman–Crippen LogP) is 5.36. The third-order valence-corrected chi connectivity index (χ3v) is 5.10. The lowest BCUT2D eigenvalue weighted by Crippen LogP contribution is -2.05. The molecule has 0 bridgehead atoms.